The first-order chi connectivity index (χ1) is 29.8. The predicted octanol–water partition coefficient (Wildman–Crippen LogP) is 6.67. The first-order valence-corrected chi connectivity index (χ1v) is 18.8. The number of carbonyl (C=O) groups excluding carboxylic acids is 2. The molecule has 322 valence electrons. The number of halogens is 6. The molecule has 1 unspecified atom stereocenters. The quantitative estimate of drug-likeness (QED) is 0.141. The zero-order valence-electron chi connectivity index (χ0n) is 32.2. The molecule has 0 saturated carbocycles. The van der Waals surface area contributed by atoms with E-state index in [0.717, 1.165) is 0 Å². The maximum absolute atomic E-state index is 14.3. The van der Waals surface area contributed by atoms with E-state index in [-0.39, 0.29) is 67.7 Å². The van der Waals surface area contributed by atoms with Crippen molar-refractivity contribution in [3.8, 4) is 22.9 Å². The van der Waals surface area contributed by atoms with Gasteiger partial charge in [0, 0.05) is 54.9 Å². The zero-order chi connectivity index (χ0) is 43.4. The number of anilines is 2. The van der Waals surface area contributed by atoms with E-state index in [0.29, 0.717) is 48.7 Å². The Morgan fingerprint density at radius 2 is 1.21 bits per heavy atom. The summed E-state index contributed by atoms with van der Waals surface area (Å²) in [6, 6.07) is 15.1. The Morgan fingerprint density at radius 1 is 0.677 bits per heavy atom. The molecule has 0 aliphatic carbocycles. The Balaban J connectivity index is 1.00. The largest absolute Gasteiger partial charge is 0.470 e. The van der Waals surface area contributed by atoms with Crippen LogP contribution < -0.4 is 9.80 Å². The summed E-state index contributed by atoms with van der Waals surface area (Å²) < 4.78 is 99.4. The Hall–Kier alpha value is -7.01. The van der Waals surface area contributed by atoms with E-state index in [1.807, 2.05) is 0 Å². The van der Waals surface area contributed by atoms with Crippen molar-refractivity contribution < 1.29 is 54.2 Å². The fourth-order valence-electron chi connectivity index (χ4n) is 6.59. The van der Waals surface area contributed by atoms with E-state index in [1.165, 1.54) is 52.7 Å². The monoisotopic (exact) mass is 865 g/mol. The van der Waals surface area contributed by atoms with Gasteiger partial charge >= 0.3 is 36.2 Å². The van der Waals surface area contributed by atoms with Crippen molar-refractivity contribution in [3.05, 3.63) is 114 Å². The molecule has 4 amide bonds. The minimum absolute atomic E-state index is 0.0110. The van der Waals surface area contributed by atoms with Crippen LogP contribution in [0.15, 0.2) is 94.3 Å². The Bertz CT molecular complexity index is 2480. The van der Waals surface area contributed by atoms with E-state index in [4.69, 9.17) is 18.3 Å². The average molecular weight is 866 g/mol. The van der Waals surface area contributed by atoms with Gasteiger partial charge in [0.25, 0.3) is 0 Å². The van der Waals surface area contributed by atoms with Crippen LogP contribution in [-0.4, -0.2) is 103 Å². The lowest BCUT2D eigenvalue weighted by Gasteiger charge is -2.36. The average Bonchev–Trinajstić information content (AvgIpc) is 4.01. The lowest BCUT2D eigenvalue weighted by atomic mass is 10.1. The molecule has 2 aliphatic rings. The van der Waals surface area contributed by atoms with Gasteiger partial charge in [-0.15, -0.1) is 20.4 Å². The van der Waals surface area contributed by atoms with Crippen molar-refractivity contribution in [2.24, 2.45) is 0 Å². The molecule has 0 radical (unpaired) electrons. The normalized spacial score (nSPS) is 16.0. The number of urea groups is 2. The van der Waals surface area contributed by atoms with Crippen molar-refractivity contribution in [1.29, 1.82) is 0 Å². The number of amides is 4. The Morgan fingerprint density at radius 3 is 1.76 bits per heavy atom. The number of nitrogens with zero attached hydrogens (tertiary/aromatic N) is 11. The number of aromatic nitrogens is 7. The number of ether oxygens (including phenoxy) is 2. The SMILES string of the molecule is O=C(N1CCOCC1)N(Cc1ccc(-c2nnc(C(F)(F)F)o2)cc1)c1cncc(C2CN(C(=O)N(Cc3ccc(-c4nnc(C(F)(F)F)o4)cc3)c3ncccn3)CCO2)c1. The molecule has 8 rings (SSSR count). The summed E-state index contributed by atoms with van der Waals surface area (Å²) in [7, 11) is 0. The highest BCUT2D eigenvalue weighted by Crippen LogP contribution is 2.33. The van der Waals surface area contributed by atoms with Crippen LogP contribution in [0.5, 0.6) is 0 Å². The van der Waals surface area contributed by atoms with Crippen LogP contribution in [0.25, 0.3) is 22.9 Å². The molecule has 2 fully saturated rings. The molecule has 6 aromatic rings. The van der Waals surface area contributed by atoms with Gasteiger partial charge in [-0.25, -0.2) is 19.6 Å². The molecule has 17 nitrogen and oxygen atoms in total. The zero-order valence-corrected chi connectivity index (χ0v) is 32.2. The number of alkyl halides is 6. The summed E-state index contributed by atoms with van der Waals surface area (Å²) in [5.41, 5.74) is 2.70. The third-order valence-corrected chi connectivity index (χ3v) is 9.72. The summed E-state index contributed by atoms with van der Waals surface area (Å²) in [5, 5.41) is 13.1. The fraction of sp³-hybridized carbons (Fsp3) is 0.308. The standard InChI is InChI=1S/C39H33F6N11O6/c40-38(41,42)33-51-49-31(61-33)26-6-2-24(3-7-26)21-55(36(57)53-12-15-59-16-13-53)29-18-28(19-46-20-29)30-23-54(14-17-60-30)37(58)56(35-47-10-1-11-48-35)22-25-4-8-27(9-5-25)32-50-52-34(62-32)39(43,44)45/h1-11,18-20,30H,12-17,21-23H2. The molecular weight excluding hydrogens is 832 g/mol. The van der Waals surface area contributed by atoms with Crippen LogP contribution in [0, 0.1) is 0 Å². The van der Waals surface area contributed by atoms with Crippen LogP contribution in [0.1, 0.15) is 34.6 Å². The molecule has 4 aromatic heterocycles. The van der Waals surface area contributed by atoms with Gasteiger partial charge in [-0.1, -0.05) is 24.3 Å². The van der Waals surface area contributed by atoms with Crippen molar-refractivity contribution >= 4 is 23.7 Å². The van der Waals surface area contributed by atoms with E-state index in [1.54, 1.807) is 52.4 Å². The maximum Gasteiger partial charge on any atom is 0.470 e. The van der Waals surface area contributed by atoms with Crippen LogP contribution >= 0.6 is 0 Å². The maximum atomic E-state index is 14.3. The van der Waals surface area contributed by atoms with Crippen LogP contribution in [0.4, 0.5) is 47.6 Å². The van der Waals surface area contributed by atoms with Crippen molar-refractivity contribution in [3.63, 3.8) is 0 Å². The Kier molecular flexibility index (Phi) is 11.8. The minimum Gasteiger partial charge on any atom is -0.413 e. The molecule has 2 aliphatic heterocycles. The third-order valence-electron chi connectivity index (χ3n) is 9.72. The molecule has 62 heavy (non-hydrogen) atoms. The molecule has 0 N–H and O–H groups in total. The van der Waals surface area contributed by atoms with Gasteiger partial charge in [-0.3, -0.25) is 14.8 Å². The van der Waals surface area contributed by atoms with Crippen LogP contribution in [0.2, 0.25) is 0 Å². The lowest BCUT2D eigenvalue weighted by molar-refractivity contribution is -0.157. The van der Waals surface area contributed by atoms with Crippen molar-refractivity contribution in [2.75, 3.05) is 55.8 Å². The molecule has 23 heteroatoms. The fourth-order valence-corrected chi connectivity index (χ4v) is 6.59. The highest BCUT2D eigenvalue weighted by Gasteiger charge is 2.39. The highest BCUT2D eigenvalue weighted by atomic mass is 19.4. The van der Waals surface area contributed by atoms with Gasteiger partial charge in [0.15, 0.2) is 0 Å². The smallest absolute Gasteiger partial charge is 0.413 e. The topological polar surface area (TPSA) is 182 Å². The Labute approximate surface area is 346 Å². The summed E-state index contributed by atoms with van der Waals surface area (Å²) in [6.07, 6.45) is -4.20. The number of pyridine rings is 1. The summed E-state index contributed by atoms with van der Waals surface area (Å²) in [5.74, 6) is -3.47. The second kappa shape index (κ2) is 17.5. The number of carbonyl (C=O) groups is 2. The van der Waals surface area contributed by atoms with E-state index in [9.17, 15) is 35.9 Å². The number of benzene rings is 2. The van der Waals surface area contributed by atoms with Crippen molar-refractivity contribution in [1.82, 2.24) is 45.1 Å². The third kappa shape index (κ3) is 9.47. The minimum atomic E-state index is -4.80. The highest BCUT2D eigenvalue weighted by molar-refractivity contribution is 5.92. The predicted molar refractivity (Wildman–Crippen MR) is 202 cm³/mol. The van der Waals surface area contributed by atoms with Gasteiger partial charge in [-0.05, 0) is 47.5 Å². The molecule has 1 atom stereocenters. The molecule has 0 bridgehead atoms. The summed E-state index contributed by atoms with van der Waals surface area (Å²) >= 11 is 0. The molecule has 2 saturated heterocycles. The summed E-state index contributed by atoms with van der Waals surface area (Å²) in [4.78, 5) is 47.5. The molecule has 6 heterocycles. The second-order valence-corrected chi connectivity index (χ2v) is 13.9. The number of hydrogen-bond donors (Lipinski definition) is 0. The van der Waals surface area contributed by atoms with E-state index < -0.39 is 36.3 Å². The number of morpholine rings is 2. The van der Waals surface area contributed by atoms with Gasteiger partial charge < -0.3 is 28.1 Å². The number of rotatable bonds is 9. The van der Waals surface area contributed by atoms with Gasteiger partial charge in [0.2, 0.25) is 17.7 Å². The van der Waals surface area contributed by atoms with Crippen LogP contribution in [0.3, 0.4) is 0 Å². The van der Waals surface area contributed by atoms with Gasteiger partial charge in [-0.2, -0.15) is 26.3 Å². The molecule has 2 aromatic carbocycles. The van der Waals surface area contributed by atoms with Gasteiger partial charge in [0.1, 0.15) is 6.10 Å². The lowest BCUT2D eigenvalue weighted by Crippen LogP contribution is -2.49. The second-order valence-electron chi connectivity index (χ2n) is 13.9. The van der Waals surface area contributed by atoms with E-state index >= 15 is 0 Å². The summed E-state index contributed by atoms with van der Waals surface area (Å²) in [6.45, 7) is 1.85. The van der Waals surface area contributed by atoms with Gasteiger partial charge in [0.05, 0.1) is 51.3 Å². The number of hydrogen-bond acceptors (Lipinski definition) is 13. The first kappa shape index (κ1) is 41.7. The first-order valence-electron chi connectivity index (χ1n) is 18.8. The van der Waals surface area contributed by atoms with E-state index in [2.05, 4.69) is 35.3 Å². The molecular formula is C39H33F6N11O6. The molecule has 0 spiro atoms. The van der Waals surface area contributed by atoms with Crippen molar-refractivity contribution in [2.45, 2.75) is 31.5 Å². The van der Waals surface area contributed by atoms with Crippen LogP contribution in [-0.2, 0) is 34.9 Å².